The fraction of sp³-hybridized carbons (Fsp3) is 1.00. The maximum absolute atomic E-state index is 11.2. The van der Waals surface area contributed by atoms with Gasteiger partial charge in [-0.25, -0.2) is 0 Å². The zero-order chi connectivity index (χ0) is 13.0. The first kappa shape index (κ1) is 16.5. The minimum atomic E-state index is -2.47. The summed E-state index contributed by atoms with van der Waals surface area (Å²) in [5.41, 5.74) is -0.794. The van der Waals surface area contributed by atoms with Crippen LogP contribution >= 0.6 is 8.25 Å². The lowest BCUT2D eigenvalue weighted by molar-refractivity contribution is 0.00186. The number of hydrogen-bond donors (Lipinski definition) is 0. The van der Waals surface area contributed by atoms with Crippen LogP contribution in [0.4, 0.5) is 0 Å². The van der Waals surface area contributed by atoms with E-state index >= 15 is 0 Å². The minimum absolute atomic E-state index is 0.397. The summed E-state index contributed by atoms with van der Waals surface area (Å²) < 4.78 is 32.1. The molecule has 0 spiro atoms. The van der Waals surface area contributed by atoms with Gasteiger partial charge in [-0.15, -0.1) is 4.52 Å². The van der Waals surface area contributed by atoms with E-state index in [4.69, 9.17) is 11.2 Å². The van der Waals surface area contributed by atoms with E-state index in [0.717, 1.165) is 0 Å². The minimum Gasteiger partial charge on any atom is -0.448 e. The molecule has 16 heavy (non-hydrogen) atoms. The molecule has 0 aliphatic rings. The van der Waals surface area contributed by atoms with Crippen molar-refractivity contribution in [1.82, 2.24) is 0 Å². The fourth-order valence-corrected chi connectivity index (χ4v) is 3.21. The van der Waals surface area contributed by atoms with Crippen LogP contribution in [0.1, 0.15) is 41.5 Å². The highest BCUT2D eigenvalue weighted by atomic mass is 31.1. The van der Waals surface area contributed by atoms with Gasteiger partial charge in [0.15, 0.2) is 0 Å². The molecule has 0 rings (SSSR count). The molecule has 1 atom stereocenters. The SMILES string of the molecule is CO[P+](=O)[O][Al]([O]C(C)(C)C)[O]C(C)(C)C. The molecule has 0 saturated heterocycles. The highest BCUT2D eigenvalue weighted by Gasteiger charge is 2.48. The molecule has 94 valence electrons. The van der Waals surface area contributed by atoms with Crippen molar-refractivity contribution in [3.8, 4) is 0 Å². The smallest absolute Gasteiger partial charge is 0.448 e. The molecule has 0 N–H and O–H groups in total. The van der Waals surface area contributed by atoms with Crippen LogP contribution in [0.5, 0.6) is 0 Å². The zero-order valence-electron chi connectivity index (χ0n) is 11.1. The topological polar surface area (TPSA) is 54.0 Å². The molecule has 7 heteroatoms. The van der Waals surface area contributed by atoms with Crippen LogP contribution in [0.2, 0.25) is 0 Å². The normalized spacial score (nSPS) is 13.8. The molecule has 0 aromatic heterocycles. The molecule has 0 aromatic carbocycles. The van der Waals surface area contributed by atoms with Crippen LogP contribution in [0, 0.1) is 0 Å². The summed E-state index contributed by atoms with van der Waals surface area (Å²) in [4.78, 5) is 0. The van der Waals surface area contributed by atoms with Gasteiger partial charge in [0.2, 0.25) is 0 Å². The second kappa shape index (κ2) is 6.42. The molecule has 0 bridgehead atoms. The van der Waals surface area contributed by atoms with Gasteiger partial charge in [-0.05, 0) is 41.5 Å². The summed E-state index contributed by atoms with van der Waals surface area (Å²) in [6.45, 7) is 11.3. The van der Waals surface area contributed by atoms with Crippen molar-refractivity contribution in [2.75, 3.05) is 7.11 Å². The van der Waals surface area contributed by atoms with Gasteiger partial charge >= 0.3 is 23.4 Å². The second-order valence-electron chi connectivity index (χ2n) is 5.26. The van der Waals surface area contributed by atoms with E-state index in [1.54, 1.807) is 0 Å². The van der Waals surface area contributed by atoms with Gasteiger partial charge in [0.05, 0.1) is 7.11 Å². The maximum Gasteiger partial charge on any atom is 0.957 e. The molecule has 0 saturated carbocycles. The van der Waals surface area contributed by atoms with Gasteiger partial charge in [0, 0.05) is 15.8 Å². The quantitative estimate of drug-likeness (QED) is 0.566. The van der Waals surface area contributed by atoms with Crippen LogP contribution < -0.4 is 0 Å². The van der Waals surface area contributed by atoms with Crippen LogP contribution in [0.25, 0.3) is 0 Å². The molecule has 0 aromatic rings. The van der Waals surface area contributed by atoms with Gasteiger partial charge < -0.3 is 7.58 Å². The van der Waals surface area contributed by atoms with E-state index in [2.05, 4.69) is 4.52 Å². The Hall–Kier alpha value is 0.472. The Morgan fingerprint density at radius 3 is 1.56 bits per heavy atom. The molecular weight excluding hydrogens is 246 g/mol. The summed E-state index contributed by atoms with van der Waals surface area (Å²) >= 11 is -2.47. The van der Waals surface area contributed by atoms with Crippen molar-refractivity contribution in [2.45, 2.75) is 52.7 Å². The Labute approximate surface area is 104 Å². The number of rotatable bonds is 5. The van der Waals surface area contributed by atoms with E-state index < -0.39 is 34.6 Å². The van der Waals surface area contributed by atoms with Crippen LogP contribution in [-0.4, -0.2) is 33.5 Å². The third-order valence-electron chi connectivity index (χ3n) is 1.22. The lowest BCUT2D eigenvalue weighted by Gasteiger charge is -2.26. The van der Waals surface area contributed by atoms with Crippen LogP contribution in [-0.2, 0) is 20.2 Å². The summed E-state index contributed by atoms with van der Waals surface area (Å²) in [6.07, 6.45) is 0. The highest BCUT2D eigenvalue weighted by Crippen LogP contribution is 2.27. The third-order valence-corrected chi connectivity index (χ3v) is 4.70. The Kier molecular flexibility index (Phi) is 6.61. The van der Waals surface area contributed by atoms with E-state index in [1.807, 2.05) is 41.5 Å². The lowest BCUT2D eigenvalue weighted by atomic mass is 10.2. The first-order valence-corrected chi connectivity index (χ1v) is 7.58. The van der Waals surface area contributed by atoms with Crippen molar-refractivity contribution < 1.29 is 20.2 Å². The molecule has 0 aliphatic heterocycles. The van der Waals surface area contributed by atoms with Gasteiger partial charge in [0.1, 0.15) is 0 Å². The average Bonchev–Trinajstić information content (AvgIpc) is 1.97. The van der Waals surface area contributed by atoms with E-state index in [-0.39, 0.29) is 0 Å². The molecule has 5 nitrogen and oxygen atoms in total. The van der Waals surface area contributed by atoms with Crippen molar-refractivity contribution in [2.24, 2.45) is 0 Å². The van der Waals surface area contributed by atoms with Gasteiger partial charge in [-0.1, -0.05) is 0 Å². The summed E-state index contributed by atoms with van der Waals surface area (Å²) in [5.74, 6) is 0. The number of hydrogen-bond acceptors (Lipinski definition) is 5. The molecule has 0 heterocycles. The van der Waals surface area contributed by atoms with Crippen molar-refractivity contribution in [1.29, 1.82) is 0 Å². The molecule has 1 unspecified atom stereocenters. The predicted octanol–water partition coefficient (Wildman–Crippen LogP) is 2.92. The van der Waals surface area contributed by atoms with Crippen molar-refractivity contribution in [3.05, 3.63) is 0 Å². The van der Waals surface area contributed by atoms with Crippen molar-refractivity contribution >= 4 is 23.4 Å². The molecule has 0 aliphatic carbocycles. The first-order valence-electron chi connectivity index (χ1n) is 5.07. The lowest BCUT2D eigenvalue weighted by Crippen LogP contribution is -2.39. The summed E-state index contributed by atoms with van der Waals surface area (Å²) in [5, 5.41) is 0. The first-order chi connectivity index (χ1) is 7.03. The van der Waals surface area contributed by atoms with Gasteiger partial charge in [0.25, 0.3) is 0 Å². The Morgan fingerprint density at radius 2 is 1.31 bits per heavy atom. The molecular formula is C9H21AlO5P+. The Bertz CT molecular complexity index is 217. The fourth-order valence-electron chi connectivity index (χ4n) is 0.758. The average molecular weight is 267 g/mol. The third kappa shape index (κ3) is 9.68. The molecule has 0 fully saturated rings. The van der Waals surface area contributed by atoms with Crippen LogP contribution in [0.3, 0.4) is 0 Å². The Morgan fingerprint density at radius 1 is 0.938 bits per heavy atom. The van der Waals surface area contributed by atoms with E-state index in [1.165, 1.54) is 7.11 Å². The second-order valence-corrected chi connectivity index (χ2v) is 7.97. The predicted molar refractivity (Wildman–Crippen MR) is 63.1 cm³/mol. The monoisotopic (exact) mass is 267 g/mol. The van der Waals surface area contributed by atoms with E-state index in [0.29, 0.717) is 0 Å². The van der Waals surface area contributed by atoms with Crippen LogP contribution in [0.15, 0.2) is 0 Å². The zero-order valence-corrected chi connectivity index (χ0v) is 13.1. The Balaban J connectivity index is 4.45. The highest BCUT2D eigenvalue weighted by molar-refractivity contribution is 7.34. The molecule has 0 amide bonds. The van der Waals surface area contributed by atoms with Gasteiger partial charge in [-0.3, -0.25) is 0 Å². The molecule has 0 radical (unpaired) electrons. The van der Waals surface area contributed by atoms with E-state index in [9.17, 15) is 4.57 Å². The standard InChI is InChI=1S/2C4H9O.CH3O3P.Al/c2*1-4(2,3)5;1-4-5(2)3;/h2*1-3H3;1H3;/q2*-1;;+3. The largest absolute Gasteiger partial charge is 0.957 e. The van der Waals surface area contributed by atoms with Gasteiger partial charge in [-0.2, -0.15) is 3.58 Å². The maximum atomic E-state index is 11.2. The van der Waals surface area contributed by atoms with Crippen molar-refractivity contribution in [3.63, 3.8) is 0 Å². The summed E-state index contributed by atoms with van der Waals surface area (Å²) in [7, 11) is -0.844. The summed E-state index contributed by atoms with van der Waals surface area (Å²) in [6, 6.07) is 0.